The van der Waals surface area contributed by atoms with E-state index in [1.54, 1.807) is 6.07 Å². The number of halogens is 3. The topological polar surface area (TPSA) is 99.1 Å². The van der Waals surface area contributed by atoms with Crippen LogP contribution in [0.5, 0.6) is 5.75 Å². The Kier molecular flexibility index (Phi) is 7.41. The molecule has 11 heteroatoms. The quantitative estimate of drug-likeness (QED) is 0.292. The van der Waals surface area contributed by atoms with Crippen LogP contribution in [0.3, 0.4) is 0 Å². The Morgan fingerprint density at radius 2 is 1.97 bits per heavy atom. The number of carbonyl (C=O) groups excluding carboxylic acids is 1. The zero-order valence-electron chi connectivity index (χ0n) is 14.8. The molecule has 29 heavy (non-hydrogen) atoms. The lowest BCUT2D eigenvalue weighted by molar-refractivity contribution is -0.124. The van der Waals surface area contributed by atoms with Gasteiger partial charge in [-0.1, -0.05) is 11.6 Å². The predicted molar refractivity (Wildman–Crippen MR) is 128 cm³/mol. The van der Waals surface area contributed by atoms with E-state index in [4.69, 9.17) is 11.6 Å². The molecule has 1 saturated heterocycles. The van der Waals surface area contributed by atoms with Gasteiger partial charge in [-0.15, -0.1) is 0 Å². The SMILES string of the molecule is O=C(N/N=C\c1cc(I)cc(I)c1O)[C@H]1CCCN1S(=O)(=O)c1ccc(Cl)cc1. The van der Waals surface area contributed by atoms with Crippen LogP contribution in [-0.4, -0.2) is 42.5 Å². The van der Waals surface area contributed by atoms with Crippen molar-refractivity contribution in [3.05, 3.63) is 54.1 Å². The Balaban J connectivity index is 1.74. The van der Waals surface area contributed by atoms with Crippen LogP contribution in [0.4, 0.5) is 0 Å². The van der Waals surface area contributed by atoms with Crippen LogP contribution < -0.4 is 5.43 Å². The van der Waals surface area contributed by atoms with E-state index in [2.05, 4.69) is 33.1 Å². The van der Waals surface area contributed by atoms with Gasteiger partial charge in [0.15, 0.2) is 0 Å². The van der Waals surface area contributed by atoms with Crippen LogP contribution in [0.15, 0.2) is 46.4 Å². The number of sulfonamides is 1. The fraction of sp³-hybridized carbons (Fsp3) is 0.222. The summed E-state index contributed by atoms with van der Waals surface area (Å²) in [5.41, 5.74) is 2.85. The minimum absolute atomic E-state index is 0.0665. The second-order valence-corrected chi connectivity index (χ2v) is 11.0. The number of rotatable bonds is 5. The number of nitrogens with one attached hydrogen (secondary N) is 1. The molecule has 7 nitrogen and oxygen atoms in total. The largest absolute Gasteiger partial charge is 0.506 e. The molecule has 2 aromatic rings. The van der Waals surface area contributed by atoms with Gasteiger partial charge in [0, 0.05) is 20.7 Å². The van der Waals surface area contributed by atoms with E-state index < -0.39 is 22.0 Å². The molecule has 1 fully saturated rings. The standard InChI is InChI=1S/C18H16ClI2N3O4S/c19-12-3-5-14(6-4-12)29(27,28)24-7-1-2-16(24)18(26)23-22-10-11-8-13(20)9-15(21)17(11)25/h3-6,8-10,16,25H,1-2,7H2,(H,23,26)/b22-10-/t16-/m1/s1. The lowest BCUT2D eigenvalue weighted by Gasteiger charge is -2.22. The van der Waals surface area contributed by atoms with Gasteiger partial charge in [-0.2, -0.15) is 9.41 Å². The molecule has 0 spiro atoms. The summed E-state index contributed by atoms with van der Waals surface area (Å²) in [4.78, 5) is 12.7. The molecule has 0 radical (unpaired) electrons. The fourth-order valence-corrected chi connectivity index (χ4v) is 6.63. The smallest absolute Gasteiger partial charge is 0.258 e. The van der Waals surface area contributed by atoms with E-state index >= 15 is 0 Å². The van der Waals surface area contributed by atoms with Crippen molar-refractivity contribution in [3.8, 4) is 5.75 Å². The highest BCUT2D eigenvalue weighted by molar-refractivity contribution is 14.1. The lowest BCUT2D eigenvalue weighted by atomic mass is 10.2. The molecule has 1 amide bonds. The van der Waals surface area contributed by atoms with Gasteiger partial charge < -0.3 is 5.11 Å². The molecule has 0 saturated carbocycles. The zero-order chi connectivity index (χ0) is 21.2. The number of amides is 1. The monoisotopic (exact) mass is 659 g/mol. The molecular weight excluding hydrogens is 644 g/mol. The molecule has 154 valence electrons. The molecule has 1 aliphatic rings. The van der Waals surface area contributed by atoms with Gasteiger partial charge in [-0.25, -0.2) is 13.8 Å². The molecule has 3 rings (SSSR count). The van der Waals surface area contributed by atoms with Gasteiger partial charge in [-0.05, 0) is 94.4 Å². The minimum atomic E-state index is -3.82. The summed E-state index contributed by atoms with van der Waals surface area (Å²) >= 11 is 9.95. The normalized spacial score (nSPS) is 17.7. The van der Waals surface area contributed by atoms with Crippen molar-refractivity contribution in [2.75, 3.05) is 6.54 Å². The second-order valence-electron chi connectivity index (χ2n) is 6.29. The second kappa shape index (κ2) is 9.45. The van der Waals surface area contributed by atoms with Crippen LogP contribution >= 0.6 is 56.8 Å². The van der Waals surface area contributed by atoms with Crippen LogP contribution in [0.2, 0.25) is 5.02 Å². The lowest BCUT2D eigenvalue weighted by Crippen LogP contribution is -2.44. The first-order valence-electron chi connectivity index (χ1n) is 8.48. The van der Waals surface area contributed by atoms with Crippen molar-refractivity contribution >= 4 is 78.9 Å². The Hall–Kier alpha value is -0.960. The first-order valence-corrected chi connectivity index (χ1v) is 12.5. The summed E-state index contributed by atoms with van der Waals surface area (Å²) in [7, 11) is -3.82. The maximum atomic E-state index is 12.9. The summed E-state index contributed by atoms with van der Waals surface area (Å²) in [6.45, 7) is 0.253. The summed E-state index contributed by atoms with van der Waals surface area (Å²) in [5.74, 6) is -0.451. The van der Waals surface area contributed by atoms with E-state index in [1.165, 1.54) is 34.8 Å². The first kappa shape index (κ1) is 22.7. The number of carbonyl (C=O) groups is 1. The Bertz CT molecular complexity index is 1060. The molecule has 0 aromatic heterocycles. The summed E-state index contributed by atoms with van der Waals surface area (Å²) in [5, 5.41) is 14.4. The Morgan fingerprint density at radius 1 is 1.28 bits per heavy atom. The molecule has 0 aliphatic carbocycles. The summed E-state index contributed by atoms with van der Waals surface area (Å²) in [6, 6.07) is 8.52. The van der Waals surface area contributed by atoms with Crippen molar-refractivity contribution in [2.45, 2.75) is 23.8 Å². The van der Waals surface area contributed by atoms with Crippen molar-refractivity contribution in [1.82, 2.24) is 9.73 Å². The molecule has 1 heterocycles. The number of nitrogens with zero attached hydrogens (tertiary/aromatic N) is 2. The van der Waals surface area contributed by atoms with E-state index in [1.807, 2.05) is 28.7 Å². The van der Waals surface area contributed by atoms with Crippen LogP contribution in [0, 0.1) is 7.14 Å². The minimum Gasteiger partial charge on any atom is -0.506 e. The number of aromatic hydroxyl groups is 1. The van der Waals surface area contributed by atoms with Gasteiger partial charge in [0.1, 0.15) is 11.8 Å². The average Bonchev–Trinajstić information content (AvgIpc) is 3.16. The van der Waals surface area contributed by atoms with E-state index in [0.29, 0.717) is 27.0 Å². The third-order valence-electron chi connectivity index (χ3n) is 4.36. The van der Waals surface area contributed by atoms with Crippen LogP contribution in [0.25, 0.3) is 0 Å². The van der Waals surface area contributed by atoms with Crippen molar-refractivity contribution < 1.29 is 18.3 Å². The Labute approximate surface area is 200 Å². The van der Waals surface area contributed by atoms with Gasteiger partial charge in [-0.3, -0.25) is 4.79 Å². The third-order valence-corrected chi connectivity index (χ3v) is 7.98. The highest BCUT2D eigenvalue weighted by Crippen LogP contribution is 2.27. The highest BCUT2D eigenvalue weighted by Gasteiger charge is 2.39. The highest BCUT2D eigenvalue weighted by atomic mass is 127. The first-order chi connectivity index (χ1) is 13.7. The molecule has 0 unspecified atom stereocenters. The molecule has 1 aliphatic heterocycles. The fourth-order valence-electron chi connectivity index (χ4n) is 2.96. The number of hydrogen-bond donors (Lipinski definition) is 2. The van der Waals surface area contributed by atoms with Gasteiger partial charge in [0.2, 0.25) is 10.0 Å². The summed E-state index contributed by atoms with van der Waals surface area (Å²) in [6.07, 6.45) is 2.32. The van der Waals surface area contributed by atoms with E-state index in [0.717, 1.165) is 3.57 Å². The molecular formula is C18H16ClI2N3O4S. The number of hydrogen-bond acceptors (Lipinski definition) is 5. The maximum Gasteiger partial charge on any atom is 0.258 e. The van der Waals surface area contributed by atoms with Crippen LogP contribution in [0.1, 0.15) is 18.4 Å². The molecule has 1 atom stereocenters. The van der Waals surface area contributed by atoms with E-state index in [9.17, 15) is 18.3 Å². The predicted octanol–water partition coefficient (Wildman–Crippen LogP) is 3.56. The van der Waals surface area contributed by atoms with Gasteiger partial charge in [0.05, 0.1) is 14.7 Å². The molecule has 2 aromatic carbocycles. The van der Waals surface area contributed by atoms with Crippen molar-refractivity contribution in [1.29, 1.82) is 0 Å². The number of benzene rings is 2. The van der Waals surface area contributed by atoms with E-state index in [-0.39, 0.29) is 17.2 Å². The third kappa shape index (κ3) is 5.21. The van der Waals surface area contributed by atoms with Crippen molar-refractivity contribution in [2.24, 2.45) is 5.10 Å². The summed E-state index contributed by atoms with van der Waals surface area (Å²) < 4.78 is 28.6. The Morgan fingerprint density at radius 3 is 2.66 bits per heavy atom. The average molecular weight is 660 g/mol. The number of hydrazone groups is 1. The molecule has 2 N–H and O–H groups in total. The maximum absolute atomic E-state index is 12.9. The van der Waals surface area contributed by atoms with Gasteiger partial charge >= 0.3 is 0 Å². The zero-order valence-corrected chi connectivity index (χ0v) is 20.7. The number of phenols is 1. The van der Waals surface area contributed by atoms with Crippen LogP contribution in [-0.2, 0) is 14.8 Å². The molecule has 0 bridgehead atoms. The number of phenolic OH excluding ortho intramolecular Hbond substituents is 1. The van der Waals surface area contributed by atoms with Gasteiger partial charge in [0.25, 0.3) is 5.91 Å². The van der Waals surface area contributed by atoms with Crippen molar-refractivity contribution in [3.63, 3.8) is 0 Å².